The van der Waals surface area contributed by atoms with Crippen molar-refractivity contribution in [3.05, 3.63) is 26.5 Å². The summed E-state index contributed by atoms with van der Waals surface area (Å²) in [7, 11) is -0.362. The largest absolute Gasteiger partial charge is 0.343 e. The van der Waals surface area contributed by atoms with Crippen molar-refractivity contribution in [1.29, 1.82) is 0 Å². The van der Waals surface area contributed by atoms with Gasteiger partial charge in [0.2, 0.25) is 0 Å². The highest BCUT2D eigenvalue weighted by molar-refractivity contribution is 8.28. The summed E-state index contributed by atoms with van der Waals surface area (Å²) in [4.78, 5) is 23.0. The van der Waals surface area contributed by atoms with Crippen LogP contribution in [0.15, 0.2) is 11.1 Å². The van der Waals surface area contributed by atoms with Gasteiger partial charge in [0, 0.05) is 22.2 Å². The smallest absolute Gasteiger partial charge is 0.328 e. The fourth-order valence-corrected chi connectivity index (χ4v) is 7.94. The molecule has 0 N–H and O–H groups in total. The zero-order chi connectivity index (χ0) is 19.1. The lowest BCUT2D eigenvalue weighted by atomic mass is 10.1. The molecule has 0 spiro atoms. The molecule has 1 saturated heterocycles. The van der Waals surface area contributed by atoms with Gasteiger partial charge in [0.25, 0.3) is 0 Å². The third-order valence-corrected chi connectivity index (χ3v) is 10.2. The summed E-state index contributed by atoms with van der Waals surface area (Å²) >= 11 is 18.2. The van der Waals surface area contributed by atoms with Crippen molar-refractivity contribution in [3.63, 3.8) is 0 Å². The van der Waals surface area contributed by atoms with Gasteiger partial charge >= 0.3 is 5.97 Å². The van der Waals surface area contributed by atoms with Crippen LogP contribution in [0, 0.1) is 0 Å². The number of unbranched alkanes of at least 4 members (excludes halogenated alkanes) is 5. The molecule has 5 nitrogen and oxygen atoms in total. The van der Waals surface area contributed by atoms with Gasteiger partial charge in [-0.2, -0.15) is 0 Å². The zero-order valence-electron chi connectivity index (χ0n) is 14.9. The molecule has 0 bridgehead atoms. The quantitative estimate of drug-likeness (QED) is 0.163. The van der Waals surface area contributed by atoms with Crippen LogP contribution in [0.3, 0.4) is 0 Å². The maximum atomic E-state index is 12.0. The molecule has 2 rings (SSSR count). The minimum Gasteiger partial charge on any atom is -0.343 e. The first-order valence-corrected chi connectivity index (χ1v) is 13.1. The molecule has 26 heavy (non-hydrogen) atoms. The van der Waals surface area contributed by atoms with Crippen molar-refractivity contribution in [2.24, 2.45) is 0 Å². The van der Waals surface area contributed by atoms with Gasteiger partial charge in [-0.1, -0.05) is 80.8 Å². The lowest BCUT2D eigenvalue weighted by Gasteiger charge is -2.05. The van der Waals surface area contributed by atoms with Crippen molar-refractivity contribution in [3.8, 4) is 0 Å². The Labute approximate surface area is 173 Å². The number of hydrogen-bond donors (Lipinski definition) is 0. The van der Waals surface area contributed by atoms with E-state index in [1.807, 2.05) is 6.92 Å². The van der Waals surface area contributed by atoms with E-state index in [-0.39, 0.29) is 21.2 Å². The van der Waals surface area contributed by atoms with Crippen LogP contribution < -0.4 is 0 Å². The van der Waals surface area contributed by atoms with E-state index in [0.717, 1.165) is 18.6 Å². The zero-order valence-corrected chi connectivity index (χ0v) is 18.9. The minimum atomic E-state index is -0.957. The molecular formula is C16H23Cl3N3O2PS. The SMILES string of the molecule is CCCCCCCCC(=O)ON1[N-]/[P+]1=S(\CC)c1nc(Cl)c(Cl)cc1Cl. The topological polar surface area (TPSA) is 56.3 Å². The summed E-state index contributed by atoms with van der Waals surface area (Å²) in [6.07, 6.45) is 7.22. The van der Waals surface area contributed by atoms with E-state index in [1.54, 1.807) is 6.07 Å². The normalized spacial score (nSPS) is 18.7. The Balaban J connectivity index is 1.88. The minimum absolute atomic E-state index is 0.223. The summed E-state index contributed by atoms with van der Waals surface area (Å²) in [5.74, 6) is 0.549. The van der Waals surface area contributed by atoms with Gasteiger partial charge in [-0.25, -0.2) is 4.98 Å². The number of rotatable bonds is 10. The molecule has 1 aromatic rings. The van der Waals surface area contributed by atoms with Crippen molar-refractivity contribution < 1.29 is 9.63 Å². The molecular weight excluding hydrogens is 436 g/mol. The van der Waals surface area contributed by atoms with Gasteiger partial charge in [-0.3, -0.25) is 9.99 Å². The molecule has 0 aromatic carbocycles. The van der Waals surface area contributed by atoms with Crippen LogP contribution in [0.2, 0.25) is 15.2 Å². The molecule has 1 aliphatic heterocycles. The first kappa shape index (κ1) is 22.4. The van der Waals surface area contributed by atoms with Gasteiger partial charge in [-0.05, 0) is 17.4 Å². The Morgan fingerprint density at radius 1 is 1.19 bits per heavy atom. The molecule has 1 aliphatic rings. The summed E-state index contributed by atoms with van der Waals surface area (Å²) in [6.45, 7) is 3.26. The number of carbonyl (C=O) groups excluding carboxylic acids is 1. The molecule has 0 radical (unpaired) electrons. The molecule has 2 heterocycles. The van der Waals surface area contributed by atoms with Crippen LogP contribution in [0.25, 0.3) is 5.20 Å². The molecule has 10 heteroatoms. The number of nitrogens with zero attached hydrogens (tertiary/aromatic N) is 3. The molecule has 3 atom stereocenters. The lowest BCUT2D eigenvalue weighted by molar-refractivity contribution is -0.159. The van der Waals surface area contributed by atoms with Crippen LogP contribution in [0.5, 0.6) is 0 Å². The first-order chi connectivity index (χ1) is 12.5. The van der Waals surface area contributed by atoms with E-state index in [0.29, 0.717) is 21.5 Å². The summed E-state index contributed by atoms with van der Waals surface area (Å²) in [6, 6.07) is 1.59. The number of halogens is 3. The fraction of sp³-hybridized carbons (Fsp3) is 0.625. The Morgan fingerprint density at radius 3 is 2.58 bits per heavy atom. The predicted octanol–water partition coefficient (Wildman–Crippen LogP) is 7.08. The Bertz CT molecular complexity index is 691. The van der Waals surface area contributed by atoms with Crippen molar-refractivity contribution in [2.75, 3.05) is 5.75 Å². The number of pyridine rings is 1. The highest BCUT2D eigenvalue weighted by Gasteiger charge is 2.36. The molecule has 0 aliphatic carbocycles. The molecule has 1 aromatic heterocycles. The third-order valence-electron chi connectivity index (χ3n) is 3.74. The van der Waals surface area contributed by atoms with Crippen LogP contribution in [-0.4, -0.2) is 21.6 Å². The van der Waals surface area contributed by atoms with Crippen LogP contribution in [-0.2, 0) is 19.7 Å². The summed E-state index contributed by atoms with van der Waals surface area (Å²) < 4.78 is 0. The fourth-order valence-electron chi connectivity index (χ4n) is 2.34. The molecule has 0 saturated carbocycles. The lowest BCUT2D eigenvalue weighted by Crippen LogP contribution is -2.07. The molecule has 146 valence electrons. The predicted molar refractivity (Wildman–Crippen MR) is 112 cm³/mol. The van der Waals surface area contributed by atoms with Crippen molar-refractivity contribution >= 4 is 57.8 Å². The van der Waals surface area contributed by atoms with Crippen molar-refractivity contribution in [2.45, 2.75) is 63.8 Å². The van der Waals surface area contributed by atoms with Gasteiger partial charge in [0.15, 0.2) is 7.00 Å². The van der Waals surface area contributed by atoms with Crippen LogP contribution >= 0.6 is 41.8 Å². The van der Waals surface area contributed by atoms with E-state index in [9.17, 15) is 4.79 Å². The first-order valence-electron chi connectivity index (χ1n) is 8.73. The van der Waals surface area contributed by atoms with Gasteiger partial charge < -0.3 is 4.84 Å². The molecule has 3 unspecified atom stereocenters. The Hall–Kier alpha value is 0.0600. The number of aromatic nitrogens is 1. The number of carbonyl (C=O) groups is 1. The third kappa shape index (κ3) is 6.59. The van der Waals surface area contributed by atoms with Crippen LogP contribution in [0.4, 0.5) is 0 Å². The second kappa shape index (κ2) is 11.2. The Morgan fingerprint density at radius 2 is 1.88 bits per heavy atom. The average Bonchev–Trinajstić information content (AvgIpc) is 3.34. The van der Waals surface area contributed by atoms with Gasteiger partial charge in [0.1, 0.15) is 10.2 Å². The van der Waals surface area contributed by atoms with Crippen molar-refractivity contribution in [1.82, 2.24) is 9.93 Å². The van der Waals surface area contributed by atoms with E-state index < -0.39 is 7.00 Å². The highest BCUT2D eigenvalue weighted by atomic mass is 35.5. The van der Waals surface area contributed by atoms with E-state index in [2.05, 4.69) is 17.1 Å². The maximum Gasteiger partial charge on any atom is 0.328 e. The van der Waals surface area contributed by atoms with E-state index in [4.69, 9.17) is 39.6 Å². The monoisotopic (exact) mass is 457 g/mol. The Kier molecular flexibility index (Phi) is 9.59. The second-order valence-corrected chi connectivity index (χ2v) is 12.0. The average molecular weight is 459 g/mol. The van der Waals surface area contributed by atoms with E-state index in [1.165, 1.54) is 30.6 Å². The highest BCUT2D eigenvalue weighted by Crippen LogP contribution is 2.61. The van der Waals surface area contributed by atoms with Gasteiger partial charge in [-0.15, -0.1) is 0 Å². The van der Waals surface area contributed by atoms with Gasteiger partial charge in [0.05, 0.1) is 10.0 Å². The molecule has 1 fully saturated rings. The summed E-state index contributed by atoms with van der Waals surface area (Å²) in [5, 5.41) is 5.98. The number of hydrogen-bond acceptors (Lipinski definition) is 3. The van der Waals surface area contributed by atoms with E-state index >= 15 is 0 Å². The molecule has 0 amide bonds. The maximum absolute atomic E-state index is 12.0. The van der Waals surface area contributed by atoms with Crippen LogP contribution in [0.1, 0.15) is 58.8 Å². The second-order valence-electron chi connectivity index (χ2n) is 5.78. The standard InChI is InChI=1S/C16H23Cl3N3O2PS/c1-3-5-6-7-8-9-10-14(23)24-22-21-25(22)26(4-2)16-13(18)11-12(17)15(19)20-16/h11H,3-10H2,1-2H3. The summed E-state index contributed by atoms with van der Waals surface area (Å²) in [5.41, 5.74) is 0.